The number of nitrogens with one attached hydrogen (secondary N) is 1. The maximum atomic E-state index is 13.1. The number of amides is 1. The zero-order chi connectivity index (χ0) is 20.1. The van der Waals surface area contributed by atoms with Crippen LogP contribution in [0.3, 0.4) is 0 Å². The number of rotatable bonds is 7. The molecule has 28 heavy (non-hydrogen) atoms. The molecule has 0 saturated carbocycles. The second-order valence-electron chi connectivity index (χ2n) is 7.08. The van der Waals surface area contributed by atoms with Crippen molar-refractivity contribution >= 4 is 5.91 Å². The zero-order valence-corrected chi connectivity index (χ0v) is 16.6. The van der Waals surface area contributed by atoms with Crippen molar-refractivity contribution < 1.29 is 18.7 Å². The number of benzene rings is 2. The maximum Gasteiger partial charge on any atom is 0.234 e. The molecule has 5 nitrogen and oxygen atoms in total. The molecule has 0 unspecified atom stereocenters. The topological polar surface area (TPSA) is 50.8 Å². The molecule has 150 valence electrons. The van der Waals surface area contributed by atoms with Crippen molar-refractivity contribution in [2.45, 2.75) is 31.8 Å². The van der Waals surface area contributed by atoms with Crippen LogP contribution in [0.25, 0.3) is 0 Å². The van der Waals surface area contributed by atoms with E-state index in [2.05, 4.69) is 10.2 Å². The fraction of sp³-hybridized carbons (Fsp3) is 0.409. The van der Waals surface area contributed by atoms with Gasteiger partial charge >= 0.3 is 0 Å². The molecule has 2 aromatic rings. The average Bonchev–Trinajstić information content (AvgIpc) is 3.15. The van der Waals surface area contributed by atoms with E-state index in [0.717, 1.165) is 42.0 Å². The molecular formula is C22H27FN2O3. The van der Waals surface area contributed by atoms with Gasteiger partial charge in [-0.25, -0.2) is 4.39 Å². The van der Waals surface area contributed by atoms with Gasteiger partial charge in [0.15, 0.2) is 0 Å². The number of ether oxygens (including phenoxy) is 2. The van der Waals surface area contributed by atoms with Crippen LogP contribution in [0.15, 0.2) is 42.5 Å². The molecule has 2 atom stereocenters. The monoisotopic (exact) mass is 386 g/mol. The zero-order valence-electron chi connectivity index (χ0n) is 16.6. The molecule has 0 bridgehead atoms. The summed E-state index contributed by atoms with van der Waals surface area (Å²) < 4.78 is 23.9. The van der Waals surface area contributed by atoms with Gasteiger partial charge in [0.2, 0.25) is 5.91 Å². The minimum absolute atomic E-state index is 0.0452. The molecule has 0 spiro atoms. The van der Waals surface area contributed by atoms with Crippen molar-refractivity contribution in [2.24, 2.45) is 0 Å². The normalized spacial score (nSPS) is 17.9. The molecule has 2 aromatic carbocycles. The Labute approximate surface area is 165 Å². The number of nitrogens with zero attached hydrogens (tertiary/aromatic N) is 1. The largest absolute Gasteiger partial charge is 0.497 e. The number of methoxy groups -OCH3 is 2. The van der Waals surface area contributed by atoms with E-state index in [9.17, 15) is 9.18 Å². The number of carbonyl (C=O) groups is 1. The van der Waals surface area contributed by atoms with Gasteiger partial charge in [0, 0.05) is 17.7 Å². The molecule has 1 N–H and O–H groups in total. The van der Waals surface area contributed by atoms with E-state index in [1.807, 2.05) is 25.1 Å². The fourth-order valence-corrected chi connectivity index (χ4v) is 3.77. The maximum absolute atomic E-state index is 13.1. The average molecular weight is 386 g/mol. The molecule has 1 aliphatic heterocycles. The molecule has 1 amide bonds. The lowest BCUT2D eigenvalue weighted by molar-refractivity contribution is -0.123. The van der Waals surface area contributed by atoms with E-state index < -0.39 is 0 Å². The van der Waals surface area contributed by atoms with Crippen LogP contribution in [-0.4, -0.2) is 38.1 Å². The van der Waals surface area contributed by atoms with E-state index >= 15 is 0 Å². The summed E-state index contributed by atoms with van der Waals surface area (Å²) in [6.07, 6.45) is 2.00. The number of hydrogen-bond donors (Lipinski definition) is 1. The summed E-state index contributed by atoms with van der Waals surface area (Å²) in [7, 11) is 3.28. The van der Waals surface area contributed by atoms with E-state index in [-0.39, 0.29) is 23.8 Å². The van der Waals surface area contributed by atoms with Crippen LogP contribution in [0.1, 0.15) is 43.0 Å². The van der Waals surface area contributed by atoms with Crippen LogP contribution in [0, 0.1) is 5.82 Å². The Morgan fingerprint density at radius 3 is 2.64 bits per heavy atom. The standard InChI is InChI=1S/C22H27FN2O3/c1-15(16-6-8-17(23)9-7-16)24-22(26)14-25-12-4-5-20(25)19-11-10-18(27-2)13-21(19)28-3/h6-11,13,15,20H,4-5,12,14H2,1-3H3,(H,24,26)/t15-,20+/m1/s1. The van der Waals surface area contributed by atoms with Gasteiger partial charge in [-0.3, -0.25) is 9.69 Å². The van der Waals surface area contributed by atoms with Gasteiger partial charge in [0.25, 0.3) is 0 Å². The van der Waals surface area contributed by atoms with Crippen molar-refractivity contribution in [3.8, 4) is 11.5 Å². The molecule has 1 heterocycles. The van der Waals surface area contributed by atoms with Crippen LogP contribution in [0.2, 0.25) is 0 Å². The van der Waals surface area contributed by atoms with Gasteiger partial charge < -0.3 is 14.8 Å². The number of hydrogen-bond acceptors (Lipinski definition) is 4. The number of halogens is 1. The molecular weight excluding hydrogens is 359 g/mol. The van der Waals surface area contributed by atoms with Crippen LogP contribution >= 0.6 is 0 Å². The summed E-state index contributed by atoms with van der Waals surface area (Å²) in [5.41, 5.74) is 1.95. The third-order valence-corrected chi connectivity index (χ3v) is 5.26. The first-order valence-electron chi connectivity index (χ1n) is 9.52. The third kappa shape index (κ3) is 4.62. The first kappa shape index (κ1) is 20.1. The second kappa shape index (κ2) is 9.06. The van der Waals surface area contributed by atoms with Crippen LogP contribution in [0.5, 0.6) is 11.5 Å². The number of carbonyl (C=O) groups excluding carboxylic acids is 1. The van der Waals surface area contributed by atoms with Gasteiger partial charge in [-0.1, -0.05) is 18.2 Å². The van der Waals surface area contributed by atoms with E-state index in [4.69, 9.17) is 9.47 Å². The summed E-state index contributed by atoms with van der Waals surface area (Å²) in [6.45, 7) is 3.07. The van der Waals surface area contributed by atoms with E-state index in [1.165, 1.54) is 12.1 Å². The van der Waals surface area contributed by atoms with Crippen LogP contribution in [0.4, 0.5) is 4.39 Å². The Bertz CT molecular complexity index is 810. The van der Waals surface area contributed by atoms with Gasteiger partial charge in [0.05, 0.1) is 26.8 Å². The Morgan fingerprint density at radius 1 is 1.21 bits per heavy atom. The van der Waals surface area contributed by atoms with E-state index in [0.29, 0.717) is 6.54 Å². The van der Waals surface area contributed by atoms with Crippen molar-refractivity contribution in [3.05, 3.63) is 59.4 Å². The third-order valence-electron chi connectivity index (χ3n) is 5.26. The van der Waals surface area contributed by atoms with E-state index in [1.54, 1.807) is 26.4 Å². The quantitative estimate of drug-likeness (QED) is 0.785. The fourth-order valence-electron chi connectivity index (χ4n) is 3.77. The lowest BCUT2D eigenvalue weighted by atomic mass is 10.0. The molecule has 1 aliphatic rings. The van der Waals surface area contributed by atoms with Gasteiger partial charge in [0.1, 0.15) is 17.3 Å². The first-order chi connectivity index (χ1) is 13.5. The SMILES string of the molecule is COc1ccc([C@@H]2CCCN2CC(=O)N[C@H](C)c2ccc(F)cc2)c(OC)c1. The van der Waals surface area contributed by atoms with Crippen LogP contribution in [-0.2, 0) is 4.79 Å². The highest BCUT2D eigenvalue weighted by atomic mass is 19.1. The Balaban J connectivity index is 1.66. The lowest BCUT2D eigenvalue weighted by Crippen LogP contribution is -2.38. The Hall–Kier alpha value is -2.60. The highest BCUT2D eigenvalue weighted by molar-refractivity contribution is 5.78. The predicted octanol–water partition coefficient (Wildman–Crippen LogP) is 3.86. The smallest absolute Gasteiger partial charge is 0.234 e. The van der Waals surface area contributed by atoms with Crippen molar-refractivity contribution in [1.29, 1.82) is 0 Å². The molecule has 1 fully saturated rings. The Kier molecular flexibility index (Phi) is 6.52. The summed E-state index contributed by atoms with van der Waals surface area (Å²) in [6, 6.07) is 12.0. The number of likely N-dealkylation sites (tertiary alicyclic amines) is 1. The molecule has 0 aromatic heterocycles. The van der Waals surface area contributed by atoms with Gasteiger partial charge in [-0.15, -0.1) is 0 Å². The molecule has 3 rings (SSSR count). The second-order valence-corrected chi connectivity index (χ2v) is 7.08. The minimum atomic E-state index is -0.282. The molecule has 6 heteroatoms. The Morgan fingerprint density at radius 2 is 1.96 bits per heavy atom. The predicted molar refractivity (Wildman–Crippen MR) is 106 cm³/mol. The van der Waals surface area contributed by atoms with Gasteiger partial charge in [-0.2, -0.15) is 0 Å². The lowest BCUT2D eigenvalue weighted by Gasteiger charge is -2.26. The molecule has 1 saturated heterocycles. The van der Waals surface area contributed by atoms with Crippen LogP contribution < -0.4 is 14.8 Å². The minimum Gasteiger partial charge on any atom is -0.497 e. The summed E-state index contributed by atoms with van der Waals surface area (Å²) in [5, 5.41) is 3.01. The van der Waals surface area contributed by atoms with Crippen molar-refractivity contribution in [3.63, 3.8) is 0 Å². The molecule has 0 aliphatic carbocycles. The highest BCUT2D eigenvalue weighted by Crippen LogP contribution is 2.38. The summed E-state index contributed by atoms with van der Waals surface area (Å²) in [4.78, 5) is 14.8. The molecule has 0 radical (unpaired) electrons. The summed E-state index contributed by atoms with van der Waals surface area (Å²) in [5.74, 6) is 1.19. The van der Waals surface area contributed by atoms with Gasteiger partial charge in [-0.05, 0) is 50.1 Å². The first-order valence-corrected chi connectivity index (χ1v) is 9.52. The van der Waals surface area contributed by atoms with Crippen molar-refractivity contribution in [2.75, 3.05) is 27.3 Å². The summed E-state index contributed by atoms with van der Waals surface area (Å²) >= 11 is 0. The van der Waals surface area contributed by atoms with Crippen molar-refractivity contribution in [1.82, 2.24) is 10.2 Å². The highest BCUT2D eigenvalue weighted by Gasteiger charge is 2.30.